The molecule has 1 aliphatic rings. The molecule has 18 heavy (non-hydrogen) atoms. The lowest BCUT2D eigenvalue weighted by Gasteiger charge is -2.03. The maximum absolute atomic E-state index is 4.80. The van der Waals surface area contributed by atoms with E-state index in [1.807, 2.05) is 6.07 Å². The van der Waals surface area contributed by atoms with E-state index < -0.39 is 0 Å². The summed E-state index contributed by atoms with van der Waals surface area (Å²) in [6.45, 7) is 2.16. The fourth-order valence-corrected chi connectivity index (χ4v) is 2.58. The Labute approximate surface area is 105 Å². The topological polar surface area (TPSA) is 30.2 Å². The molecule has 3 heterocycles. The van der Waals surface area contributed by atoms with Crippen LogP contribution >= 0.6 is 0 Å². The van der Waals surface area contributed by atoms with Crippen LogP contribution < -0.4 is 0 Å². The third-order valence-electron chi connectivity index (χ3n) is 3.72. The molecule has 1 fully saturated rings. The first-order valence-electron chi connectivity index (χ1n) is 6.63. The second kappa shape index (κ2) is 3.55. The van der Waals surface area contributed by atoms with E-state index in [0.29, 0.717) is 5.92 Å². The standard InChI is InChI=1S/C15H15N3/c1-2-11-15-13(9-12(16-11)10-6-7-10)18-8-4-3-5-14(18)17-15/h3-5,8-10H,2,6-7H2,1H3. The minimum Gasteiger partial charge on any atom is -0.300 e. The highest BCUT2D eigenvalue weighted by atomic mass is 15.0. The molecule has 1 aliphatic carbocycles. The summed E-state index contributed by atoms with van der Waals surface area (Å²) in [5.74, 6) is 0.689. The number of pyridine rings is 2. The van der Waals surface area contributed by atoms with Crippen molar-refractivity contribution >= 4 is 16.7 Å². The lowest BCUT2D eigenvalue weighted by Crippen LogP contribution is -1.95. The van der Waals surface area contributed by atoms with Crippen LogP contribution in [0.15, 0.2) is 30.5 Å². The summed E-state index contributed by atoms with van der Waals surface area (Å²) < 4.78 is 2.17. The number of fused-ring (bicyclic) bond motifs is 3. The zero-order valence-corrected chi connectivity index (χ0v) is 10.4. The largest absolute Gasteiger partial charge is 0.300 e. The normalized spacial score (nSPS) is 15.6. The fourth-order valence-electron chi connectivity index (χ4n) is 2.58. The van der Waals surface area contributed by atoms with Gasteiger partial charge < -0.3 is 0 Å². The van der Waals surface area contributed by atoms with Gasteiger partial charge >= 0.3 is 0 Å². The molecule has 0 radical (unpaired) electrons. The summed E-state index contributed by atoms with van der Waals surface area (Å²) in [6.07, 6.45) is 5.61. The number of hydrogen-bond donors (Lipinski definition) is 0. The summed E-state index contributed by atoms with van der Waals surface area (Å²) in [7, 11) is 0. The summed E-state index contributed by atoms with van der Waals surface area (Å²) in [6, 6.07) is 8.36. The van der Waals surface area contributed by atoms with E-state index in [2.05, 4.69) is 35.7 Å². The maximum Gasteiger partial charge on any atom is 0.137 e. The first kappa shape index (κ1) is 10.1. The van der Waals surface area contributed by atoms with Crippen LogP contribution in [0.4, 0.5) is 0 Å². The highest BCUT2D eigenvalue weighted by Gasteiger charge is 2.26. The second-order valence-corrected chi connectivity index (χ2v) is 5.03. The monoisotopic (exact) mass is 237 g/mol. The number of aryl methyl sites for hydroxylation is 1. The molecule has 0 N–H and O–H groups in total. The molecule has 0 aromatic carbocycles. The third-order valence-corrected chi connectivity index (χ3v) is 3.72. The Hall–Kier alpha value is -1.90. The van der Waals surface area contributed by atoms with Gasteiger partial charge in [-0.2, -0.15) is 0 Å². The molecule has 0 amide bonds. The van der Waals surface area contributed by atoms with Gasteiger partial charge in [0, 0.05) is 17.8 Å². The molecule has 0 unspecified atom stereocenters. The first-order valence-corrected chi connectivity index (χ1v) is 6.63. The molecule has 3 aromatic heterocycles. The quantitative estimate of drug-likeness (QED) is 0.684. The van der Waals surface area contributed by atoms with Crippen LogP contribution in [0.1, 0.15) is 37.1 Å². The Bertz CT molecular complexity index is 738. The molecule has 0 saturated heterocycles. The molecule has 0 bridgehead atoms. The molecule has 4 rings (SSSR count). The minimum absolute atomic E-state index is 0.689. The predicted molar refractivity (Wildman–Crippen MR) is 71.8 cm³/mol. The Morgan fingerprint density at radius 3 is 2.94 bits per heavy atom. The predicted octanol–water partition coefficient (Wildman–Crippen LogP) is 3.32. The van der Waals surface area contributed by atoms with Crippen LogP contribution in [0.3, 0.4) is 0 Å². The second-order valence-electron chi connectivity index (χ2n) is 5.03. The van der Waals surface area contributed by atoms with Gasteiger partial charge in [0.2, 0.25) is 0 Å². The number of imidazole rings is 1. The number of hydrogen-bond acceptors (Lipinski definition) is 2. The molecule has 3 aromatic rings. The molecular formula is C15H15N3. The van der Waals surface area contributed by atoms with Gasteiger partial charge in [0.1, 0.15) is 11.2 Å². The summed E-state index contributed by atoms with van der Waals surface area (Å²) in [4.78, 5) is 9.51. The van der Waals surface area contributed by atoms with Crippen LogP contribution in [0.25, 0.3) is 16.7 Å². The summed E-state index contributed by atoms with van der Waals surface area (Å²) in [5.41, 5.74) is 5.67. The number of aromatic nitrogens is 3. The van der Waals surface area contributed by atoms with Gasteiger partial charge in [0.25, 0.3) is 0 Å². The van der Waals surface area contributed by atoms with Crippen LogP contribution in [0.2, 0.25) is 0 Å². The first-order chi connectivity index (χ1) is 8.86. The molecular weight excluding hydrogens is 222 g/mol. The van der Waals surface area contributed by atoms with Gasteiger partial charge in [-0.1, -0.05) is 13.0 Å². The summed E-state index contributed by atoms with van der Waals surface area (Å²) >= 11 is 0. The van der Waals surface area contributed by atoms with Crippen molar-refractivity contribution < 1.29 is 0 Å². The SMILES string of the molecule is CCc1nc(C2CC2)cc2c1nc1ccccn12. The van der Waals surface area contributed by atoms with E-state index in [1.165, 1.54) is 24.1 Å². The van der Waals surface area contributed by atoms with Crippen LogP contribution in [0.5, 0.6) is 0 Å². The smallest absolute Gasteiger partial charge is 0.137 e. The van der Waals surface area contributed by atoms with Crippen molar-refractivity contribution in [3.05, 3.63) is 41.9 Å². The van der Waals surface area contributed by atoms with Gasteiger partial charge in [0.05, 0.1) is 11.2 Å². The summed E-state index contributed by atoms with van der Waals surface area (Å²) in [5, 5.41) is 0. The lowest BCUT2D eigenvalue weighted by molar-refractivity contribution is 0.958. The zero-order valence-electron chi connectivity index (χ0n) is 10.4. The van der Waals surface area contributed by atoms with Gasteiger partial charge in [-0.15, -0.1) is 0 Å². The van der Waals surface area contributed by atoms with Crippen molar-refractivity contribution in [2.45, 2.75) is 32.1 Å². The van der Waals surface area contributed by atoms with Crippen molar-refractivity contribution in [2.24, 2.45) is 0 Å². The van der Waals surface area contributed by atoms with Crippen LogP contribution in [-0.2, 0) is 6.42 Å². The van der Waals surface area contributed by atoms with Crippen molar-refractivity contribution in [3.63, 3.8) is 0 Å². The van der Waals surface area contributed by atoms with Crippen molar-refractivity contribution in [3.8, 4) is 0 Å². The maximum atomic E-state index is 4.80. The Kier molecular flexibility index (Phi) is 1.98. The van der Waals surface area contributed by atoms with E-state index in [9.17, 15) is 0 Å². The highest BCUT2D eigenvalue weighted by molar-refractivity contribution is 5.83. The number of rotatable bonds is 2. The van der Waals surface area contributed by atoms with E-state index in [1.54, 1.807) is 0 Å². The minimum atomic E-state index is 0.689. The molecule has 90 valence electrons. The Morgan fingerprint density at radius 1 is 1.28 bits per heavy atom. The van der Waals surface area contributed by atoms with Crippen molar-refractivity contribution in [1.29, 1.82) is 0 Å². The molecule has 0 atom stereocenters. The molecule has 0 spiro atoms. The Morgan fingerprint density at radius 2 is 2.17 bits per heavy atom. The van der Waals surface area contributed by atoms with Crippen molar-refractivity contribution in [2.75, 3.05) is 0 Å². The zero-order chi connectivity index (χ0) is 12.1. The Balaban J connectivity index is 2.12. The van der Waals surface area contributed by atoms with Gasteiger partial charge in [-0.25, -0.2) is 4.98 Å². The van der Waals surface area contributed by atoms with E-state index in [0.717, 1.165) is 23.3 Å². The van der Waals surface area contributed by atoms with Gasteiger partial charge in [-0.3, -0.25) is 9.38 Å². The average molecular weight is 237 g/mol. The van der Waals surface area contributed by atoms with E-state index in [-0.39, 0.29) is 0 Å². The van der Waals surface area contributed by atoms with E-state index in [4.69, 9.17) is 9.97 Å². The van der Waals surface area contributed by atoms with E-state index >= 15 is 0 Å². The third kappa shape index (κ3) is 1.37. The van der Waals surface area contributed by atoms with Gasteiger partial charge in [0.15, 0.2) is 0 Å². The molecule has 3 heteroatoms. The molecule has 0 aliphatic heterocycles. The average Bonchev–Trinajstić information content (AvgIpc) is 3.19. The molecule has 1 saturated carbocycles. The van der Waals surface area contributed by atoms with Crippen molar-refractivity contribution in [1.82, 2.24) is 14.4 Å². The van der Waals surface area contributed by atoms with Crippen LogP contribution in [-0.4, -0.2) is 14.4 Å². The highest BCUT2D eigenvalue weighted by Crippen LogP contribution is 2.40. The van der Waals surface area contributed by atoms with Gasteiger partial charge in [-0.05, 0) is 37.5 Å². The number of nitrogens with zero attached hydrogens (tertiary/aromatic N) is 3. The molecule has 3 nitrogen and oxygen atoms in total. The fraction of sp³-hybridized carbons (Fsp3) is 0.333. The van der Waals surface area contributed by atoms with Crippen LogP contribution in [0, 0.1) is 0 Å². The lowest BCUT2D eigenvalue weighted by atomic mass is 10.2.